The van der Waals surface area contributed by atoms with Gasteiger partial charge in [-0.3, -0.25) is 9.78 Å². The molecule has 0 bridgehead atoms. The van der Waals surface area contributed by atoms with Crippen molar-refractivity contribution in [1.29, 1.82) is 0 Å². The van der Waals surface area contributed by atoms with Gasteiger partial charge < -0.3 is 19.9 Å². The van der Waals surface area contributed by atoms with Crippen molar-refractivity contribution in [3.8, 4) is 5.75 Å². The molecule has 102 valence electrons. The van der Waals surface area contributed by atoms with E-state index in [0.717, 1.165) is 12.8 Å². The van der Waals surface area contributed by atoms with Gasteiger partial charge in [0, 0.05) is 6.07 Å². The number of carbonyl (C=O) groups is 1. The molecule has 0 radical (unpaired) electrons. The van der Waals surface area contributed by atoms with E-state index in [-0.39, 0.29) is 18.6 Å². The van der Waals surface area contributed by atoms with Crippen LogP contribution in [0.5, 0.6) is 5.75 Å². The van der Waals surface area contributed by atoms with Gasteiger partial charge in [0.1, 0.15) is 30.3 Å². The second kappa shape index (κ2) is 4.79. The molecule has 3 rings (SSSR count). The van der Waals surface area contributed by atoms with E-state index in [1.807, 2.05) is 6.92 Å². The molecule has 6 heteroatoms. The second-order valence-corrected chi connectivity index (χ2v) is 4.94. The van der Waals surface area contributed by atoms with E-state index in [1.54, 1.807) is 6.07 Å². The lowest BCUT2D eigenvalue weighted by atomic mass is 10.2. The molecule has 3 heterocycles. The van der Waals surface area contributed by atoms with Crippen LogP contribution in [0.25, 0.3) is 0 Å². The highest BCUT2D eigenvalue weighted by molar-refractivity contribution is 5.94. The Morgan fingerprint density at radius 2 is 2.37 bits per heavy atom. The summed E-state index contributed by atoms with van der Waals surface area (Å²) in [5, 5.41) is 12.3. The fourth-order valence-corrected chi connectivity index (χ4v) is 2.36. The third-order valence-corrected chi connectivity index (χ3v) is 3.39. The summed E-state index contributed by atoms with van der Waals surface area (Å²) in [5.74, 6) is 0.357. The minimum absolute atomic E-state index is 0.132. The van der Waals surface area contributed by atoms with Crippen molar-refractivity contribution in [2.24, 2.45) is 0 Å². The Labute approximate surface area is 110 Å². The average molecular weight is 264 g/mol. The number of carbonyl (C=O) groups excluding carboxylic acids is 1. The minimum Gasteiger partial charge on any atom is -0.488 e. The maximum absolute atomic E-state index is 12.0. The SMILES string of the molecule is CC1CC[C@H](C(=O)Nc2cnc3c(c2)OCC3O)O1. The fraction of sp³-hybridized carbons (Fsp3) is 0.538. The predicted octanol–water partition coefficient (Wildman–Crippen LogP) is 1.01. The van der Waals surface area contributed by atoms with E-state index in [2.05, 4.69) is 10.3 Å². The minimum atomic E-state index is -0.682. The molecule has 0 aliphatic carbocycles. The summed E-state index contributed by atoms with van der Waals surface area (Å²) in [6.45, 7) is 2.17. The van der Waals surface area contributed by atoms with Gasteiger partial charge in [0.2, 0.25) is 0 Å². The molecule has 1 fully saturated rings. The van der Waals surface area contributed by atoms with Crippen molar-refractivity contribution in [1.82, 2.24) is 4.98 Å². The molecule has 0 saturated carbocycles. The number of aliphatic hydroxyl groups is 1. The number of hydrogen-bond donors (Lipinski definition) is 2. The van der Waals surface area contributed by atoms with E-state index in [4.69, 9.17) is 9.47 Å². The molecule has 3 atom stereocenters. The van der Waals surface area contributed by atoms with Crippen molar-refractivity contribution in [3.05, 3.63) is 18.0 Å². The van der Waals surface area contributed by atoms with Crippen LogP contribution in [-0.4, -0.2) is 34.8 Å². The summed E-state index contributed by atoms with van der Waals surface area (Å²) >= 11 is 0. The molecule has 6 nitrogen and oxygen atoms in total. The Morgan fingerprint density at radius 3 is 3.11 bits per heavy atom. The number of nitrogens with zero attached hydrogens (tertiary/aromatic N) is 1. The molecule has 1 saturated heterocycles. The smallest absolute Gasteiger partial charge is 0.253 e. The molecule has 2 aliphatic heterocycles. The van der Waals surface area contributed by atoms with Gasteiger partial charge in [-0.15, -0.1) is 0 Å². The fourth-order valence-electron chi connectivity index (χ4n) is 2.36. The number of aromatic nitrogens is 1. The Kier molecular flexibility index (Phi) is 3.12. The first kappa shape index (κ1) is 12.4. The first-order valence-electron chi connectivity index (χ1n) is 6.40. The lowest BCUT2D eigenvalue weighted by Gasteiger charge is -2.12. The van der Waals surface area contributed by atoms with Gasteiger partial charge in [-0.05, 0) is 19.8 Å². The first-order chi connectivity index (χ1) is 9.13. The number of nitrogens with one attached hydrogen (secondary N) is 1. The lowest BCUT2D eigenvalue weighted by molar-refractivity contribution is -0.126. The topological polar surface area (TPSA) is 80.7 Å². The van der Waals surface area contributed by atoms with Gasteiger partial charge in [0.25, 0.3) is 5.91 Å². The van der Waals surface area contributed by atoms with Crippen LogP contribution in [0.2, 0.25) is 0 Å². The molecule has 2 unspecified atom stereocenters. The highest BCUT2D eigenvalue weighted by atomic mass is 16.5. The number of amides is 1. The highest BCUT2D eigenvalue weighted by Crippen LogP contribution is 2.32. The average Bonchev–Trinajstić information content (AvgIpc) is 2.97. The van der Waals surface area contributed by atoms with Crippen molar-refractivity contribution < 1.29 is 19.4 Å². The Morgan fingerprint density at radius 1 is 1.53 bits per heavy atom. The zero-order valence-electron chi connectivity index (χ0n) is 10.6. The van der Waals surface area contributed by atoms with Gasteiger partial charge in [-0.1, -0.05) is 0 Å². The lowest BCUT2D eigenvalue weighted by Crippen LogP contribution is -2.27. The monoisotopic (exact) mass is 264 g/mol. The predicted molar refractivity (Wildman–Crippen MR) is 66.9 cm³/mol. The second-order valence-electron chi connectivity index (χ2n) is 4.94. The molecule has 2 N–H and O–H groups in total. The first-order valence-corrected chi connectivity index (χ1v) is 6.40. The van der Waals surface area contributed by atoms with Crippen LogP contribution in [0.3, 0.4) is 0 Å². The highest BCUT2D eigenvalue weighted by Gasteiger charge is 2.29. The van der Waals surface area contributed by atoms with E-state index >= 15 is 0 Å². The maximum Gasteiger partial charge on any atom is 0.253 e. The molecule has 0 aromatic carbocycles. The maximum atomic E-state index is 12.0. The van der Waals surface area contributed by atoms with Crippen molar-refractivity contribution in [2.75, 3.05) is 11.9 Å². The zero-order valence-corrected chi connectivity index (χ0v) is 10.6. The Bertz CT molecular complexity index is 505. The van der Waals surface area contributed by atoms with Crippen molar-refractivity contribution in [3.63, 3.8) is 0 Å². The number of fused-ring (bicyclic) bond motifs is 1. The van der Waals surface area contributed by atoms with Gasteiger partial charge in [0.15, 0.2) is 0 Å². The molecule has 19 heavy (non-hydrogen) atoms. The molecule has 0 spiro atoms. The number of aliphatic hydroxyl groups excluding tert-OH is 1. The molecule has 1 aromatic heterocycles. The van der Waals surface area contributed by atoms with Crippen molar-refractivity contribution in [2.45, 2.75) is 38.1 Å². The van der Waals surface area contributed by atoms with Gasteiger partial charge in [-0.2, -0.15) is 0 Å². The standard InChI is InChI=1S/C13H16N2O4/c1-7-2-3-10(19-7)13(17)15-8-4-11-12(14-5-8)9(16)6-18-11/h4-5,7,9-10,16H,2-3,6H2,1H3,(H,15,17)/t7?,9?,10-/m1/s1. The number of pyridine rings is 1. The molecular formula is C13H16N2O4. The van der Waals surface area contributed by atoms with Crippen LogP contribution in [0.1, 0.15) is 31.6 Å². The van der Waals surface area contributed by atoms with E-state index < -0.39 is 12.2 Å². The summed E-state index contributed by atoms with van der Waals surface area (Å²) in [6, 6.07) is 1.68. The number of rotatable bonds is 2. The quantitative estimate of drug-likeness (QED) is 0.833. The van der Waals surface area contributed by atoms with Crippen LogP contribution < -0.4 is 10.1 Å². The summed E-state index contributed by atoms with van der Waals surface area (Å²) in [6.07, 6.45) is 2.21. The van der Waals surface area contributed by atoms with Gasteiger partial charge >= 0.3 is 0 Å². The van der Waals surface area contributed by atoms with E-state index in [0.29, 0.717) is 17.1 Å². The zero-order chi connectivity index (χ0) is 13.4. The third-order valence-electron chi connectivity index (χ3n) is 3.39. The van der Waals surface area contributed by atoms with Crippen LogP contribution in [0.4, 0.5) is 5.69 Å². The summed E-state index contributed by atoms with van der Waals surface area (Å²) in [5.41, 5.74) is 1.07. The molecule has 1 amide bonds. The summed E-state index contributed by atoms with van der Waals surface area (Å²) in [4.78, 5) is 16.1. The molecule has 2 aliphatic rings. The summed E-state index contributed by atoms with van der Waals surface area (Å²) in [7, 11) is 0. The van der Waals surface area contributed by atoms with Crippen molar-refractivity contribution >= 4 is 11.6 Å². The van der Waals surface area contributed by atoms with Crippen LogP contribution >= 0.6 is 0 Å². The number of hydrogen-bond acceptors (Lipinski definition) is 5. The Hall–Kier alpha value is -1.66. The number of anilines is 1. The van der Waals surface area contributed by atoms with Crippen LogP contribution in [0.15, 0.2) is 12.3 Å². The summed E-state index contributed by atoms with van der Waals surface area (Å²) < 4.78 is 10.8. The van der Waals surface area contributed by atoms with E-state index in [1.165, 1.54) is 6.20 Å². The normalized spacial score (nSPS) is 28.8. The van der Waals surface area contributed by atoms with Gasteiger partial charge in [0.05, 0.1) is 18.0 Å². The Balaban J connectivity index is 1.69. The molecule has 1 aromatic rings. The third kappa shape index (κ3) is 2.41. The van der Waals surface area contributed by atoms with Crippen LogP contribution in [-0.2, 0) is 9.53 Å². The van der Waals surface area contributed by atoms with E-state index in [9.17, 15) is 9.90 Å². The molecular weight excluding hydrogens is 248 g/mol. The largest absolute Gasteiger partial charge is 0.488 e. The van der Waals surface area contributed by atoms with Gasteiger partial charge in [-0.25, -0.2) is 0 Å². The van der Waals surface area contributed by atoms with Crippen LogP contribution in [0, 0.1) is 0 Å². The number of ether oxygens (including phenoxy) is 2.